The van der Waals surface area contributed by atoms with Crippen molar-refractivity contribution in [3.05, 3.63) is 35.9 Å². The van der Waals surface area contributed by atoms with E-state index in [4.69, 9.17) is 0 Å². The van der Waals surface area contributed by atoms with Crippen LogP contribution in [-0.2, 0) is 11.2 Å². The van der Waals surface area contributed by atoms with E-state index in [1.807, 2.05) is 0 Å². The summed E-state index contributed by atoms with van der Waals surface area (Å²) in [6, 6.07) is 5.06. The monoisotopic (exact) mass is 262 g/mol. The van der Waals surface area contributed by atoms with E-state index >= 15 is 0 Å². The van der Waals surface area contributed by atoms with Gasteiger partial charge in [0.2, 0.25) is 5.13 Å². The van der Waals surface area contributed by atoms with Crippen LogP contribution in [0, 0.1) is 0 Å². The molecule has 0 bridgehead atoms. The van der Waals surface area contributed by atoms with Gasteiger partial charge < -0.3 is 0 Å². The number of rotatable bonds is 4. The second kappa shape index (κ2) is 5.46. The molecule has 0 aliphatic rings. The zero-order valence-electron chi connectivity index (χ0n) is 9.58. The van der Waals surface area contributed by atoms with Crippen molar-refractivity contribution < 1.29 is 9.59 Å². The number of aromatic nitrogens is 3. The van der Waals surface area contributed by atoms with Crippen LogP contribution in [0.3, 0.4) is 0 Å². The van der Waals surface area contributed by atoms with Gasteiger partial charge in [0.1, 0.15) is 11.5 Å². The van der Waals surface area contributed by atoms with Crippen LogP contribution in [0.15, 0.2) is 24.4 Å². The first-order chi connectivity index (χ1) is 8.65. The number of carbonyl (C=O) groups excluding carboxylic acids is 2. The van der Waals surface area contributed by atoms with Gasteiger partial charge in [0.05, 0.1) is 6.42 Å². The fourth-order valence-electron chi connectivity index (χ4n) is 1.26. The molecule has 2 aromatic heterocycles. The Labute approximate surface area is 107 Å². The van der Waals surface area contributed by atoms with Crippen molar-refractivity contribution >= 4 is 28.4 Å². The smallest absolute Gasteiger partial charge is 0.276 e. The molecule has 2 heterocycles. The fourth-order valence-corrected chi connectivity index (χ4v) is 1.84. The third-order valence-corrected chi connectivity index (χ3v) is 2.66. The Kier molecular flexibility index (Phi) is 3.73. The molecule has 0 spiro atoms. The lowest BCUT2D eigenvalue weighted by Crippen LogP contribution is -2.13. The summed E-state index contributed by atoms with van der Waals surface area (Å²) >= 11 is 1.04. The van der Waals surface area contributed by atoms with E-state index in [1.54, 1.807) is 18.2 Å². The maximum absolute atomic E-state index is 11.7. The summed E-state index contributed by atoms with van der Waals surface area (Å²) in [5, 5.41) is 2.95. The summed E-state index contributed by atoms with van der Waals surface area (Å²) in [6.45, 7) is 1.47. The SMILES string of the molecule is CC(=O)Cc1nsc(NC(=O)c2ccccn2)n1. The Morgan fingerprint density at radius 1 is 1.39 bits per heavy atom. The molecule has 2 rings (SSSR count). The highest BCUT2D eigenvalue weighted by molar-refractivity contribution is 7.09. The second-order valence-corrected chi connectivity index (χ2v) is 4.32. The largest absolute Gasteiger partial charge is 0.300 e. The van der Waals surface area contributed by atoms with Crippen molar-refractivity contribution in [1.82, 2.24) is 14.3 Å². The van der Waals surface area contributed by atoms with Crippen LogP contribution in [0.5, 0.6) is 0 Å². The van der Waals surface area contributed by atoms with Gasteiger partial charge in [0, 0.05) is 17.7 Å². The standard InChI is InChI=1S/C11H10N4O2S/c1-7(16)6-9-13-11(18-15-9)14-10(17)8-4-2-3-5-12-8/h2-5H,6H2,1H3,(H,13,14,15,17). The Bertz CT molecular complexity index is 567. The predicted octanol–water partition coefficient (Wildman–Crippen LogP) is 1.32. The molecule has 18 heavy (non-hydrogen) atoms. The molecule has 0 unspecified atom stereocenters. The Morgan fingerprint density at radius 3 is 2.89 bits per heavy atom. The molecule has 0 aliphatic carbocycles. The molecular weight excluding hydrogens is 252 g/mol. The first-order valence-corrected chi connectivity index (χ1v) is 5.97. The van der Waals surface area contributed by atoms with E-state index in [0.29, 0.717) is 16.6 Å². The van der Waals surface area contributed by atoms with Crippen molar-refractivity contribution in [3.8, 4) is 0 Å². The van der Waals surface area contributed by atoms with Gasteiger partial charge in [0.25, 0.3) is 5.91 Å². The van der Waals surface area contributed by atoms with Crippen molar-refractivity contribution in [2.24, 2.45) is 0 Å². The highest BCUT2D eigenvalue weighted by Gasteiger charge is 2.11. The van der Waals surface area contributed by atoms with Crippen LogP contribution in [0.4, 0.5) is 5.13 Å². The third-order valence-electron chi connectivity index (χ3n) is 1.99. The molecule has 0 atom stereocenters. The molecule has 1 N–H and O–H groups in total. The quantitative estimate of drug-likeness (QED) is 0.898. The predicted molar refractivity (Wildman–Crippen MR) is 66.5 cm³/mol. The van der Waals surface area contributed by atoms with Gasteiger partial charge in [0.15, 0.2) is 5.82 Å². The van der Waals surface area contributed by atoms with Crippen LogP contribution in [0.1, 0.15) is 23.2 Å². The molecule has 0 saturated heterocycles. The topological polar surface area (TPSA) is 84.8 Å². The number of hydrogen-bond donors (Lipinski definition) is 1. The number of anilines is 1. The van der Waals surface area contributed by atoms with Crippen LogP contribution in [-0.4, -0.2) is 26.0 Å². The number of amides is 1. The van der Waals surface area contributed by atoms with Crippen LogP contribution < -0.4 is 5.32 Å². The van der Waals surface area contributed by atoms with E-state index in [-0.39, 0.29) is 18.1 Å². The van der Waals surface area contributed by atoms with Gasteiger partial charge >= 0.3 is 0 Å². The van der Waals surface area contributed by atoms with E-state index in [9.17, 15) is 9.59 Å². The van der Waals surface area contributed by atoms with E-state index in [2.05, 4.69) is 19.7 Å². The average molecular weight is 262 g/mol. The van der Waals surface area contributed by atoms with Gasteiger partial charge in [-0.2, -0.15) is 4.37 Å². The van der Waals surface area contributed by atoms with Crippen molar-refractivity contribution in [2.75, 3.05) is 5.32 Å². The number of pyridine rings is 1. The Balaban J connectivity index is 2.04. The van der Waals surface area contributed by atoms with E-state index < -0.39 is 0 Å². The Hall–Kier alpha value is -2.15. The molecule has 2 aromatic rings. The Morgan fingerprint density at radius 2 is 2.22 bits per heavy atom. The molecule has 92 valence electrons. The first kappa shape index (κ1) is 12.3. The molecule has 0 saturated carbocycles. The maximum Gasteiger partial charge on any atom is 0.276 e. The first-order valence-electron chi connectivity index (χ1n) is 5.19. The minimum absolute atomic E-state index is 0.0181. The second-order valence-electron chi connectivity index (χ2n) is 3.56. The number of nitrogens with one attached hydrogen (secondary N) is 1. The number of ketones is 1. The summed E-state index contributed by atoms with van der Waals surface area (Å²) in [5.74, 6) is 0.0559. The number of hydrogen-bond acceptors (Lipinski definition) is 6. The molecule has 1 amide bonds. The lowest BCUT2D eigenvalue weighted by atomic mass is 10.3. The van der Waals surface area contributed by atoms with Gasteiger partial charge in [-0.3, -0.25) is 19.9 Å². The van der Waals surface area contributed by atoms with Crippen molar-refractivity contribution in [1.29, 1.82) is 0 Å². The highest BCUT2D eigenvalue weighted by Crippen LogP contribution is 2.12. The number of carbonyl (C=O) groups is 2. The minimum Gasteiger partial charge on any atom is -0.300 e. The fraction of sp³-hybridized carbons (Fsp3) is 0.182. The summed E-state index contributed by atoms with van der Waals surface area (Å²) in [6.07, 6.45) is 1.71. The van der Waals surface area contributed by atoms with Gasteiger partial charge in [-0.15, -0.1) is 0 Å². The molecule has 0 aliphatic heterocycles. The van der Waals surface area contributed by atoms with Crippen LogP contribution >= 0.6 is 11.5 Å². The molecule has 7 heteroatoms. The molecule has 0 aromatic carbocycles. The van der Waals surface area contributed by atoms with Gasteiger partial charge in [-0.1, -0.05) is 6.07 Å². The lowest BCUT2D eigenvalue weighted by molar-refractivity contribution is -0.116. The van der Waals surface area contributed by atoms with Crippen molar-refractivity contribution in [3.63, 3.8) is 0 Å². The van der Waals surface area contributed by atoms with E-state index in [0.717, 1.165) is 11.5 Å². The van der Waals surface area contributed by atoms with E-state index in [1.165, 1.54) is 13.1 Å². The minimum atomic E-state index is -0.346. The highest BCUT2D eigenvalue weighted by atomic mass is 32.1. The summed E-state index contributed by atoms with van der Waals surface area (Å²) in [4.78, 5) is 30.6. The number of nitrogens with zero attached hydrogens (tertiary/aromatic N) is 3. The number of Topliss-reactive ketones (excluding diaryl/α,β-unsaturated/α-hetero) is 1. The zero-order chi connectivity index (χ0) is 13.0. The maximum atomic E-state index is 11.7. The lowest BCUT2D eigenvalue weighted by Gasteiger charge is -1.98. The summed E-state index contributed by atoms with van der Waals surface area (Å²) in [5.41, 5.74) is 0.306. The summed E-state index contributed by atoms with van der Waals surface area (Å²) < 4.78 is 3.98. The summed E-state index contributed by atoms with van der Waals surface area (Å²) in [7, 11) is 0. The zero-order valence-corrected chi connectivity index (χ0v) is 10.4. The molecule has 6 nitrogen and oxygen atoms in total. The third kappa shape index (κ3) is 3.17. The normalized spacial score (nSPS) is 10.1. The van der Waals surface area contributed by atoms with Gasteiger partial charge in [-0.25, -0.2) is 4.98 Å². The molecule has 0 fully saturated rings. The molecule has 0 radical (unpaired) electrons. The van der Waals surface area contributed by atoms with Crippen LogP contribution in [0.25, 0.3) is 0 Å². The average Bonchev–Trinajstić information content (AvgIpc) is 2.76. The van der Waals surface area contributed by atoms with Crippen LogP contribution in [0.2, 0.25) is 0 Å². The molecular formula is C11H10N4O2S. The van der Waals surface area contributed by atoms with Crippen molar-refractivity contribution in [2.45, 2.75) is 13.3 Å². The van der Waals surface area contributed by atoms with Gasteiger partial charge in [-0.05, 0) is 19.1 Å².